The Labute approximate surface area is 93.9 Å². The molecular weight excluding hydrogens is 233 g/mol. The first kappa shape index (κ1) is 11.4. The molecule has 1 N–H and O–H groups in total. The summed E-state index contributed by atoms with van der Waals surface area (Å²) < 4.78 is 37.5. The zero-order valence-electron chi connectivity index (χ0n) is 8.45. The number of hydrogen-bond donors (Lipinski definition) is 1. The fourth-order valence-electron chi connectivity index (χ4n) is 1.37. The number of aromatic amines is 1. The Kier molecular flexibility index (Phi) is 2.71. The van der Waals surface area contributed by atoms with Crippen LogP contribution in [0.1, 0.15) is 5.56 Å². The Balaban J connectivity index is 2.57. The van der Waals surface area contributed by atoms with Gasteiger partial charge in [0.2, 0.25) is 0 Å². The number of benzene rings is 1. The van der Waals surface area contributed by atoms with Gasteiger partial charge in [-0.1, -0.05) is 30.3 Å². The molecule has 0 aliphatic heterocycles. The maximum absolute atomic E-state index is 12.5. The smallest absolute Gasteiger partial charge is 0.267 e. The largest absolute Gasteiger partial charge is 0.421 e. The molecule has 3 nitrogen and oxygen atoms in total. The van der Waals surface area contributed by atoms with Gasteiger partial charge >= 0.3 is 6.18 Å². The Hall–Kier alpha value is -2.11. The second-order valence-corrected chi connectivity index (χ2v) is 3.36. The number of H-pyrrole nitrogens is 1. The first-order chi connectivity index (χ1) is 7.98. The molecule has 0 saturated heterocycles. The van der Waals surface area contributed by atoms with Crippen LogP contribution in [0.5, 0.6) is 0 Å². The second kappa shape index (κ2) is 4.04. The number of halogens is 3. The lowest BCUT2D eigenvalue weighted by Gasteiger charge is -2.06. The molecule has 1 aromatic carbocycles. The lowest BCUT2D eigenvalue weighted by Crippen LogP contribution is -2.22. The van der Waals surface area contributed by atoms with Gasteiger partial charge in [0.25, 0.3) is 5.56 Å². The minimum atomic E-state index is -4.68. The van der Waals surface area contributed by atoms with Gasteiger partial charge in [0.05, 0.1) is 5.69 Å². The van der Waals surface area contributed by atoms with Gasteiger partial charge in [-0.25, -0.2) is 5.10 Å². The van der Waals surface area contributed by atoms with E-state index in [0.717, 1.165) is 6.07 Å². The van der Waals surface area contributed by atoms with Crippen LogP contribution in [0.2, 0.25) is 0 Å². The van der Waals surface area contributed by atoms with Gasteiger partial charge < -0.3 is 0 Å². The lowest BCUT2D eigenvalue weighted by molar-refractivity contribution is -0.138. The molecule has 1 heterocycles. The van der Waals surface area contributed by atoms with E-state index in [-0.39, 0.29) is 5.69 Å². The molecule has 0 fully saturated rings. The minimum absolute atomic E-state index is 0.0810. The van der Waals surface area contributed by atoms with Crippen molar-refractivity contribution >= 4 is 0 Å². The van der Waals surface area contributed by atoms with Crippen molar-refractivity contribution in [3.05, 3.63) is 52.3 Å². The minimum Gasteiger partial charge on any atom is -0.267 e. The van der Waals surface area contributed by atoms with Crippen molar-refractivity contribution in [1.82, 2.24) is 10.2 Å². The first-order valence-electron chi connectivity index (χ1n) is 4.71. The average Bonchev–Trinajstić information content (AvgIpc) is 2.29. The predicted octanol–water partition coefficient (Wildman–Crippen LogP) is 2.46. The first-order valence-corrected chi connectivity index (χ1v) is 4.71. The predicted molar refractivity (Wildman–Crippen MR) is 55.3 cm³/mol. The van der Waals surface area contributed by atoms with Crippen molar-refractivity contribution in [2.45, 2.75) is 6.18 Å². The third-order valence-corrected chi connectivity index (χ3v) is 2.18. The van der Waals surface area contributed by atoms with Gasteiger partial charge in [-0.15, -0.1) is 0 Å². The van der Waals surface area contributed by atoms with Crippen molar-refractivity contribution in [1.29, 1.82) is 0 Å². The van der Waals surface area contributed by atoms with E-state index in [1.165, 1.54) is 0 Å². The summed E-state index contributed by atoms with van der Waals surface area (Å²) >= 11 is 0. The molecule has 0 spiro atoms. The van der Waals surface area contributed by atoms with Gasteiger partial charge in [-0.05, 0) is 6.07 Å². The van der Waals surface area contributed by atoms with Crippen LogP contribution < -0.4 is 5.56 Å². The van der Waals surface area contributed by atoms with E-state index in [9.17, 15) is 18.0 Å². The molecule has 0 bridgehead atoms. The van der Waals surface area contributed by atoms with E-state index >= 15 is 0 Å². The van der Waals surface area contributed by atoms with E-state index < -0.39 is 17.3 Å². The van der Waals surface area contributed by atoms with E-state index in [2.05, 4.69) is 5.10 Å². The van der Waals surface area contributed by atoms with Crippen LogP contribution in [0.15, 0.2) is 41.2 Å². The Morgan fingerprint density at radius 1 is 1.12 bits per heavy atom. The standard InChI is InChI=1S/C11H7F3N2O/c12-11(13,14)8-6-9(15-16-10(8)17)7-4-2-1-3-5-7/h1-6H,(H,16,17). The van der Waals surface area contributed by atoms with E-state index in [1.807, 2.05) is 5.10 Å². The highest BCUT2D eigenvalue weighted by Crippen LogP contribution is 2.28. The van der Waals surface area contributed by atoms with Gasteiger partial charge in [0.1, 0.15) is 5.56 Å². The van der Waals surface area contributed by atoms with Crippen LogP contribution in [0.3, 0.4) is 0 Å². The van der Waals surface area contributed by atoms with Crippen molar-refractivity contribution in [2.24, 2.45) is 0 Å². The summed E-state index contributed by atoms with van der Waals surface area (Å²) in [5.74, 6) is 0. The Bertz CT molecular complexity index is 575. The molecule has 0 aliphatic rings. The highest BCUT2D eigenvalue weighted by atomic mass is 19.4. The summed E-state index contributed by atoms with van der Waals surface area (Å²) in [7, 11) is 0. The summed E-state index contributed by atoms with van der Waals surface area (Å²) in [6.07, 6.45) is -4.68. The summed E-state index contributed by atoms with van der Waals surface area (Å²) in [6, 6.07) is 9.06. The molecule has 0 saturated carbocycles. The van der Waals surface area contributed by atoms with Crippen molar-refractivity contribution in [3.8, 4) is 11.3 Å². The molecule has 0 aliphatic carbocycles. The maximum atomic E-state index is 12.5. The molecule has 88 valence electrons. The molecule has 2 aromatic rings. The zero-order chi connectivity index (χ0) is 12.5. The maximum Gasteiger partial charge on any atom is 0.421 e. The molecular formula is C11H7F3N2O. The molecule has 6 heteroatoms. The topological polar surface area (TPSA) is 45.8 Å². The van der Waals surface area contributed by atoms with Crippen LogP contribution in [0.4, 0.5) is 13.2 Å². The highest BCUT2D eigenvalue weighted by molar-refractivity contribution is 5.58. The van der Waals surface area contributed by atoms with Crippen LogP contribution in [0, 0.1) is 0 Å². The second-order valence-electron chi connectivity index (χ2n) is 3.36. The SMILES string of the molecule is O=c1[nH]nc(-c2ccccc2)cc1C(F)(F)F. The normalized spacial score (nSPS) is 11.5. The van der Waals surface area contributed by atoms with Gasteiger partial charge in [-0.3, -0.25) is 4.79 Å². The van der Waals surface area contributed by atoms with Crippen molar-refractivity contribution < 1.29 is 13.2 Å². The average molecular weight is 240 g/mol. The van der Waals surface area contributed by atoms with Gasteiger partial charge in [0, 0.05) is 5.56 Å². The monoisotopic (exact) mass is 240 g/mol. The summed E-state index contributed by atoms with van der Waals surface area (Å²) in [5, 5.41) is 5.43. The number of alkyl halides is 3. The third-order valence-electron chi connectivity index (χ3n) is 2.18. The van der Waals surface area contributed by atoms with Gasteiger partial charge in [0.15, 0.2) is 0 Å². The summed E-state index contributed by atoms with van der Waals surface area (Å²) in [4.78, 5) is 11.0. The molecule has 1 aromatic heterocycles. The molecule has 17 heavy (non-hydrogen) atoms. The Morgan fingerprint density at radius 2 is 1.76 bits per heavy atom. The van der Waals surface area contributed by atoms with Crippen LogP contribution in [-0.2, 0) is 6.18 Å². The van der Waals surface area contributed by atoms with Gasteiger partial charge in [-0.2, -0.15) is 18.3 Å². The fraction of sp³-hybridized carbons (Fsp3) is 0.0909. The molecule has 0 amide bonds. The van der Waals surface area contributed by atoms with Crippen molar-refractivity contribution in [3.63, 3.8) is 0 Å². The number of aromatic nitrogens is 2. The number of nitrogens with one attached hydrogen (secondary N) is 1. The van der Waals surface area contributed by atoms with E-state index in [4.69, 9.17) is 0 Å². The van der Waals surface area contributed by atoms with E-state index in [0.29, 0.717) is 5.56 Å². The third kappa shape index (κ3) is 2.35. The zero-order valence-corrected chi connectivity index (χ0v) is 8.45. The highest BCUT2D eigenvalue weighted by Gasteiger charge is 2.34. The van der Waals surface area contributed by atoms with Crippen molar-refractivity contribution in [2.75, 3.05) is 0 Å². The molecule has 0 unspecified atom stereocenters. The molecule has 0 radical (unpaired) electrons. The Morgan fingerprint density at radius 3 is 2.35 bits per heavy atom. The summed E-state index contributed by atoms with van der Waals surface area (Å²) in [6.45, 7) is 0. The summed E-state index contributed by atoms with van der Waals surface area (Å²) in [5.41, 5.74) is -1.89. The lowest BCUT2D eigenvalue weighted by atomic mass is 10.1. The quantitative estimate of drug-likeness (QED) is 0.832. The van der Waals surface area contributed by atoms with Crippen LogP contribution in [-0.4, -0.2) is 10.2 Å². The van der Waals surface area contributed by atoms with Crippen LogP contribution in [0.25, 0.3) is 11.3 Å². The number of nitrogens with zero attached hydrogens (tertiary/aromatic N) is 1. The molecule has 0 atom stereocenters. The number of rotatable bonds is 1. The van der Waals surface area contributed by atoms with Crippen LogP contribution >= 0.6 is 0 Å². The van der Waals surface area contributed by atoms with E-state index in [1.54, 1.807) is 30.3 Å². The fourth-order valence-corrected chi connectivity index (χ4v) is 1.37. The number of hydrogen-bond acceptors (Lipinski definition) is 2. The molecule has 2 rings (SSSR count).